The lowest BCUT2D eigenvalue weighted by Gasteiger charge is -2.12. The highest BCUT2D eigenvalue weighted by Crippen LogP contribution is 2.25. The van der Waals surface area contributed by atoms with Crippen LogP contribution < -0.4 is 15.6 Å². The molecule has 0 spiro atoms. The minimum atomic E-state index is -0.179. The Labute approximate surface area is 111 Å². The van der Waals surface area contributed by atoms with Gasteiger partial charge in [0.25, 0.3) is 5.56 Å². The van der Waals surface area contributed by atoms with Gasteiger partial charge >= 0.3 is 0 Å². The van der Waals surface area contributed by atoms with Crippen molar-refractivity contribution in [1.82, 2.24) is 9.97 Å². The minimum Gasteiger partial charge on any atom is -0.491 e. The maximum absolute atomic E-state index is 11.4. The number of nitrogens with one attached hydrogen (secondary N) is 2. The lowest BCUT2D eigenvalue weighted by molar-refractivity contribution is 0.319. The van der Waals surface area contributed by atoms with E-state index in [-0.39, 0.29) is 5.56 Å². The first-order chi connectivity index (χ1) is 9.19. The summed E-state index contributed by atoms with van der Waals surface area (Å²) < 4.78 is 5.64. The highest BCUT2D eigenvalue weighted by Gasteiger charge is 2.05. The molecule has 0 aliphatic heterocycles. The van der Waals surface area contributed by atoms with Gasteiger partial charge in [-0.1, -0.05) is 19.1 Å². The van der Waals surface area contributed by atoms with Gasteiger partial charge in [0.2, 0.25) is 5.95 Å². The fourth-order valence-corrected chi connectivity index (χ4v) is 1.67. The van der Waals surface area contributed by atoms with Crippen molar-refractivity contribution in [3.63, 3.8) is 0 Å². The lowest BCUT2D eigenvalue weighted by Crippen LogP contribution is -2.11. The molecule has 0 aliphatic carbocycles. The van der Waals surface area contributed by atoms with Crippen LogP contribution in [0.5, 0.6) is 5.75 Å². The van der Waals surface area contributed by atoms with E-state index in [0.717, 1.165) is 17.9 Å². The average molecular weight is 259 g/mol. The van der Waals surface area contributed by atoms with E-state index in [0.29, 0.717) is 18.2 Å². The normalized spacial score (nSPS) is 10.2. The van der Waals surface area contributed by atoms with E-state index >= 15 is 0 Å². The van der Waals surface area contributed by atoms with Crippen LogP contribution in [0.25, 0.3) is 0 Å². The number of anilines is 2. The molecule has 0 unspecified atom stereocenters. The topological polar surface area (TPSA) is 67.0 Å². The van der Waals surface area contributed by atoms with Crippen LogP contribution in [0.3, 0.4) is 0 Å². The number of ether oxygens (including phenoxy) is 1. The molecule has 2 N–H and O–H groups in total. The van der Waals surface area contributed by atoms with Gasteiger partial charge in [-0.15, -0.1) is 0 Å². The summed E-state index contributed by atoms with van der Waals surface area (Å²) >= 11 is 0. The standard InChI is InChI=1S/C14H17N3O2/c1-3-8-19-12-7-5-4-6-11(12)16-14-15-10(2)9-13(18)17-14/h4-7,9H,3,8H2,1-2H3,(H2,15,16,17,18). The van der Waals surface area contributed by atoms with Gasteiger partial charge in [-0.25, -0.2) is 4.98 Å². The third-order valence-corrected chi connectivity index (χ3v) is 2.47. The Balaban J connectivity index is 2.24. The quantitative estimate of drug-likeness (QED) is 0.866. The molecule has 0 saturated carbocycles. The van der Waals surface area contributed by atoms with Crippen molar-refractivity contribution < 1.29 is 4.74 Å². The molecular formula is C14H17N3O2. The van der Waals surface area contributed by atoms with Crippen LogP contribution in [0, 0.1) is 6.92 Å². The summed E-state index contributed by atoms with van der Waals surface area (Å²) in [6.07, 6.45) is 0.938. The Bertz CT molecular complexity index is 608. The Morgan fingerprint density at radius 2 is 2.16 bits per heavy atom. The molecule has 2 rings (SSSR count). The summed E-state index contributed by atoms with van der Waals surface area (Å²) in [7, 11) is 0. The first-order valence-electron chi connectivity index (χ1n) is 6.26. The van der Waals surface area contributed by atoms with Gasteiger partial charge in [-0.2, -0.15) is 0 Å². The predicted molar refractivity (Wildman–Crippen MR) is 75.1 cm³/mol. The highest BCUT2D eigenvalue weighted by atomic mass is 16.5. The zero-order valence-electron chi connectivity index (χ0n) is 11.1. The number of benzene rings is 1. The molecule has 19 heavy (non-hydrogen) atoms. The van der Waals surface area contributed by atoms with Crippen molar-refractivity contribution in [3.05, 3.63) is 46.4 Å². The van der Waals surface area contributed by atoms with Crippen molar-refractivity contribution in [2.45, 2.75) is 20.3 Å². The molecule has 5 nitrogen and oxygen atoms in total. The monoisotopic (exact) mass is 259 g/mol. The van der Waals surface area contributed by atoms with E-state index in [9.17, 15) is 4.79 Å². The van der Waals surface area contributed by atoms with Gasteiger partial charge < -0.3 is 10.1 Å². The molecule has 0 aliphatic rings. The van der Waals surface area contributed by atoms with Crippen molar-refractivity contribution in [3.8, 4) is 5.75 Å². The van der Waals surface area contributed by atoms with E-state index in [1.54, 1.807) is 6.92 Å². The Morgan fingerprint density at radius 1 is 1.37 bits per heavy atom. The predicted octanol–water partition coefficient (Wildman–Crippen LogP) is 2.61. The molecule has 0 amide bonds. The number of aromatic amines is 1. The van der Waals surface area contributed by atoms with E-state index in [4.69, 9.17) is 4.74 Å². The number of para-hydroxylation sites is 2. The maximum atomic E-state index is 11.4. The molecule has 1 heterocycles. The number of hydrogen-bond acceptors (Lipinski definition) is 4. The zero-order valence-corrected chi connectivity index (χ0v) is 11.1. The highest BCUT2D eigenvalue weighted by molar-refractivity contribution is 5.62. The van der Waals surface area contributed by atoms with Crippen molar-refractivity contribution >= 4 is 11.6 Å². The number of aromatic nitrogens is 2. The molecule has 0 atom stereocenters. The molecule has 0 bridgehead atoms. The largest absolute Gasteiger partial charge is 0.491 e. The Hall–Kier alpha value is -2.30. The Morgan fingerprint density at radius 3 is 2.89 bits per heavy atom. The summed E-state index contributed by atoms with van der Waals surface area (Å²) in [5, 5.41) is 3.07. The van der Waals surface area contributed by atoms with Crippen LogP contribution in [0.1, 0.15) is 19.0 Å². The zero-order chi connectivity index (χ0) is 13.7. The molecule has 2 aromatic rings. The number of hydrogen-bond donors (Lipinski definition) is 2. The number of H-pyrrole nitrogens is 1. The average Bonchev–Trinajstić information content (AvgIpc) is 2.36. The minimum absolute atomic E-state index is 0.179. The van der Waals surface area contributed by atoms with Gasteiger partial charge in [0.05, 0.1) is 12.3 Å². The second-order valence-corrected chi connectivity index (χ2v) is 4.21. The fraction of sp³-hybridized carbons (Fsp3) is 0.286. The maximum Gasteiger partial charge on any atom is 0.252 e. The second kappa shape index (κ2) is 6.04. The van der Waals surface area contributed by atoms with Crippen molar-refractivity contribution in [2.75, 3.05) is 11.9 Å². The molecular weight excluding hydrogens is 242 g/mol. The molecule has 100 valence electrons. The van der Waals surface area contributed by atoms with Crippen LogP contribution in [0.4, 0.5) is 11.6 Å². The van der Waals surface area contributed by atoms with E-state index in [1.807, 2.05) is 24.3 Å². The van der Waals surface area contributed by atoms with Gasteiger partial charge in [0.15, 0.2) is 0 Å². The van der Waals surface area contributed by atoms with Crippen LogP contribution in [0.2, 0.25) is 0 Å². The SMILES string of the molecule is CCCOc1ccccc1Nc1nc(C)cc(=O)[nH]1. The summed E-state index contributed by atoms with van der Waals surface area (Å²) in [5.74, 6) is 1.16. The number of aryl methyl sites for hydroxylation is 1. The first-order valence-corrected chi connectivity index (χ1v) is 6.26. The van der Waals surface area contributed by atoms with E-state index in [2.05, 4.69) is 22.2 Å². The van der Waals surface area contributed by atoms with E-state index < -0.39 is 0 Å². The van der Waals surface area contributed by atoms with E-state index in [1.165, 1.54) is 6.07 Å². The Kier molecular flexibility index (Phi) is 4.18. The van der Waals surface area contributed by atoms with Crippen molar-refractivity contribution in [1.29, 1.82) is 0 Å². The molecule has 0 saturated heterocycles. The van der Waals surface area contributed by atoms with Crippen LogP contribution in [0.15, 0.2) is 35.1 Å². The van der Waals surface area contributed by atoms with Gasteiger partial charge in [0.1, 0.15) is 5.75 Å². The second-order valence-electron chi connectivity index (χ2n) is 4.21. The number of nitrogens with zero attached hydrogens (tertiary/aromatic N) is 1. The third-order valence-electron chi connectivity index (χ3n) is 2.47. The summed E-state index contributed by atoms with van der Waals surface area (Å²) in [4.78, 5) is 18.3. The van der Waals surface area contributed by atoms with Crippen molar-refractivity contribution in [2.24, 2.45) is 0 Å². The third kappa shape index (κ3) is 3.58. The van der Waals surface area contributed by atoms with Crippen LogP contribution in [-0.2, 0) is 0 Å². The van der Waals surface area contributed by atoms with Crippen LogP contribution in [-0.4, -0.2) is 16.6 Å². The lowest BCUT2D eigenvalue weighted by atomic mass is 10.3. The van der Waals surface area contributed by atoms with Gasteiger partial charge in [-0.05, 0) is 25.5 Å². The summed E-state index contributed by atoms with van der Waals surface area (Å²) in [5.41, 5.74) is 1.27. The molecule has 5 heteroatoms. The van der Waals surface area contributed by atoms with Gasteiger partial charge in [0, 0.05) is 11.8 Å². The molecule has 1 aromatic heterocycles. The summed E-state index contributed by atoms with van der Waals surface area (Å²) in [6, 6.07) is 9.02. The number of rotatable bonds is 5. The van der Waals surface area contributed by atoms with Gasteiger partial charge in [-0.3, -0.25) is 9.78 Å². The fourth-order valence-electron chi connectivity index (χ4n) is 1.67. The van der Waals surface area contributed by atoms with Crippen LogP contribution >= 0.6 is 0 Å². The summed E-state index contributed by atoms with van der Waals surface area (Å²) in [6.45, 7) is 4.48. The first kappa shape index (κ1) is 13.1. The molecule has 1 aromatic carbocycles. The molecule has 0 radical (unpaired) electrons. The smallest absolute Gasteiger partial charge is 0.252 e. The molecule has 0 fully saturated rings.